The lowest BCUT2D eigenvalue weighted by atomic mass is 10.1. The molecule has 5 nitrogen and oxygen atoms in total. The topological polar surface area (TPSA) is 55.2 Å². The Morgan fingerprint density at radius 3 is 2.29 bits per heavy atom. The summed E-state index contributed by atoms with van der Waals surface area (Å²) in [4.78, 5) is 33.9. The molecule has 0 radical (unpaired) electrons. The SMILES string of the molecule is CCCCN(C(=O)C(Cl)c1ccccc1)C(C)c1nc2ccccc2c(=O)n1Cc1ccccc1. The zero-order chi connectivity index (χ0) is 24.8. The minimum Gasteiger partial charge on any atom is -0.331 e. The number of carbonyl (C=O) groups is 1. The molecule has 0 aliphatic rings. The van der Waals surface area contributed by atoms with Crippen molar-refractivity contribution in [1.29, 1.82) is 0 Å². The van der Waals surface area contributed by atoms with Crippen molar-refractivity contribution in [2.24, 2.45) is 0 Å². The summed E-state index contributed by atoms with van der Waals surface area (Å²) >= 11 is 6.68. The minimum atomic E-state index is -0.815. The van der Waals surface area contributed by atoms with Crippen LogP contribution in [0, 0.1) is 0 Å². The molecule has 0 N–H and O–H groups in total. The molecule has 1 heterocycles. The maximum atomic E-state index is 13.7. The average Bonchev–Trinajstić information content (AvgIpc) is 2.90. The zero-order valence-corrected chi connectivity index (χ0v) is 20.9. The number of halogens is 1. The fraction of sp³-hybridized carbons (Fsp3) is 0.276. The van der Waals surface area contributed by atoms with E-state index in [2.05, 4.69) is 6.92 Å². The number of rotatable bonds is 9. The first-order chi connectivity index (χ1) is 17.0. The summed E-state index contributed by atoms with van der Waals surface area (Å²) < 4.78 is 1.69. The number of amides is 1. The number of unbranched alkanes of at least 4 members (excludes halogenated alkanes) is 1. The summed E-state index contributed by atoms with van der Waals surface area (Å²) in [6.45, 7) is 4.92. The van der Waals surface area contributed by atoms with Crippen LogP contribution < -0.4 is 5.56 Å². The number of hydrogen-bond donors (Lipinski definition) is 0. The van der Waals surface area contributed by atoms with Crippen molar-refractivity contribution in [3.8, 4) is 0 Å². The minimum absolute atomic E-state index is 0.116. The van der Waals surface area contributed by atoms with Crippen LogP contribution in [0.5, 0.6) is 0 Å². The number of para-hydroxylation sites is 1. The third-order valence-electron chi connectivity index (χ3n) is 6.26. The standard InChI is InChI=1S/C29H30ClN3O2/c1-3-4-19-32(29(35)26(30)23-15-9-6-10-16-23)21(2)27-31-25-18-12-11-17-24(25)28(34)33(27)20-22-13-7-5-8-14-22/h5-18,21,26H,3-4,19-20H2,1-2H3. The maximum Gasteiger partial charge on any atom is 0.261 e. The molecule has 0 fully saturated rings. The van der Waals surface area contributed by atoms with E-state index in [0.717, 1.165) is 24.0 Å². The number of fused-ring (bicyclic) bond motifs is 1. The van der Waals surface area contributed by atoms with Crippen molar-refractivity contribution in [2.45, 2.75) is 44.7 Å². The van der Waals surface area contributed by atoms with Gasteiger partial charge in [-0.2, -0.15) is 0 Å². The van der Waals surface area contributed by atoms with E-state index in [1.54, 1.807) is 15.5 Å². The van der Waals surface area contributed by atoms with Crippen LogP contribution in [0.3, 0.4) is 0 Å². The quantitative estimate of drug-likeness (QED) is 0.267. The molecular weight excluding hydrogens is 458 g/mol. The molecule has 4 rings (SSSR count). The van der Waals surface area contributed by atoms with Gasteiger partial charge < -0.3 is 4.90 Å². The van der Waals surface area contributed by atoms with E-state index in [1.165, 1.54) is 0 Å². The fourth-order valence-corrected chi connectivity index (χ4v) is 4.57. The molecule has 2 unspecified atom stereocenters. The maximum absolute atomic E-state index is 13.7. The van der Waals surface area contributed by atoms with Gasteiger partial charge in [-0.15, -0.1) is 11.6 Å². The molecule has 0 bridgehead atoms. The summed E-state index contributed by atoms with van der Waals surface area (Å²) in [7, 11) is 0. The van der Waals surface area contributed by atoms with Crippen LogP contribution in [0.2, 0.25) is 0 Å². The summed E-state index contributed by atoms with van der Waals surface area (Å²) in [5.74, 6) is 0.367. The van der Waals surface area contributed by atoms with Crippen molar-refractivity contribution in [3.05, 3.63) is 112 Å². The molecule has 2 atom stereocenters. The highest BCUT2D eigenvalue weighted by Crippen LogP contribution is 2.29. The molecule has 1 aromatic heterocycles. The molecule has 4 aromatic rings. The Hall–Kier alpha value is -3.44. The molecule has 0 saturated carbocycles. The molecular formula is C29H30ClN3O2. The van der Waals surface area contributed by atoms with Gasteiger partial charge in [0.15, 0.2) is 0 Å². The number of hydrogen-bond acceptors (Lipinski definition) is 3. The smallest absolute Gasteiger partial charge is 0.261 e. The summed E-state index contributed by atoms with van der Waals surface area (Å²) in [5, 5.41) is -0.254. The van der Waals surface area contributed by atoms with E-state index >= 15 is 0 Å². The lowest BCUT2D eigenvalue weighted by molar-refractivity contribution is -0.133. The highest BCUT2D eigenvalue weighted by atomic mass is 35.5. The molecule has 180 valence electrons. The van der Waals surface area contributed by atoms with Crippen molar-refractivity contribution < 1.29 is 4.79 Å². The van der Waals surface area contributed by atoms with E-state index in [-0.39, 0.29) is 11.5 Å². The Bertz CT molecular complexity index is 1340. The Morgan fingerprint density at radius 1 is 0.971 bits per heavy atom. The van der Waals surface area contributed by atoms with Crippen LogP contribution in [0.1, 0.15) is 55.1 Å². The third kappa shape index (κ3) is 5.46. The molecule has 6 heteroatoms. The van der Waals surface area contributed by atoms with Crippen molar-refractivity contribution in [1.82, 2.24) is 14.5 Å². The Morgan fingerprint density at radius 2 is 1.60 bits per heavy atom. The van der Waals surface area contributed by atoms with Crippen LogP contribution in [0.15, 0.2) is 89.7 Å². The van der Waals surface area contributed by atoms with Crippen LogP contribution >= 0.6 is 11.6 Å². The van der Waals surface area contributed by atoms with Crippen LogP contribution in [-0.2, 0) is 11.3 Å². The van der Waals surface area contributed by atoms with Gasteiger partial charge in [0.2, 0.25) is 5.91 Å². The van der Waals surface area contributed by atoms with E-state index in [1.807, 2.05) is 85.8 Å². The van der Waals surface area contributed by atoms with Gasteiger partial charge in [-0.25, -0.2) is 4.98 Å². The molecule has 35 heavy (non-hydrogen) atoms. The van der Waals surface area contributed by atoms with Gasteiger partial charge in [-0.1, -0.05) is 86.1 Å². The molecule has 0 saturated heterocycles. The Kier molecular flexibility index (Phi) is 7.98. The largest absolute Gasteiger partial charge is 0.331 e. The first-order valence-electron chi connectivity index (χ1n) is 12.0. The molecule has 0 aliphatic carbocycles. The monoisotopic (exact) mass is 487 g/mol. The number of nitrogens with zero attached hydrogens (tertiary/aromatic N) is 3. The predicted octanol–water partition coefficient (Wildman–Crippen LogP) is 6.11. The van der Waals surface area contributed by atoms with E-state index in [0.29, 0.717) is 29.8 Å². The Labute approximate surface area is 211 Å². The summed E-state index contributed by atoms with van der Waals surface area (Å²) in [5.41, 5.74) is 2.25. The van der Waals surface area contributed by atoms with E-state index in [9.17, 15) is 9.59 Å². The molecule has 3 aromatic carbocycles. The van der Waals surface area contributed by atoms with Gasteiger partial charge >= 0.3 is 0 Å². The highest BCUT2D eigenvalue weighted by Gasteiger charge is 2.30. The van der Waals surface area contributed by atoms with E-state index in [4.69, 9.17) is 16.6 Å². The zero-order valence-electron chi connectivity index (χ0n) is 20.1. The lowest BCUT2D eigenvalue weighted by Crippen LogP contribution is -2.40. The van der Waals surface area contributed by atoms with Crippen molar-refractivity contribution >= 4 is 28.4 Å². The van der Waals surface area contributed by atoms with E-state index < -0.39 is 11.4 Å². The number of carbonyl (C=O) groups excluding carboxylic acids is 1. The average molecular weight is 488 g/mol. The van der Waals surface area contributed by atoms with Gasteiger partial charge in [-0.05, 0) is 36.6 Å². The summed E-state index contributed by atoms with van der Waals surface area (Å²) in [6, 6.07) is 26.1. The second-order valence-electron chi connectivity index (χ2n) is 8.70. The second-order valence-corrected chi connectivity index (χ2v) is 9.13. The summed E-state index contributed by atoms with van der Waals surface area (Å²) in [6.07, 6.45) is 1.75. The van der Waals surface area contributed by atoms with Crippen LogP contribution in [-0.4, -0.2) is 26.9 Å². The molecule has 0 spiro atoms. The second kappa shape index (κ2) is 11.3. The van der Waals surface area contributed by atoms with Crippen LogP contribution in [0.4, 0.5) is 0 Å². The lowest BCUT2D eigenvalue weighted by Gasteiger charge is -2.32. The van der Waals surface area contributed by atoms with Gasteiger partial charge in [0, 0.05) is 6.54 Å². The van der Waals surface area contributed by atoms with Gasteiger partial charge in [0.25, 0.3) is 5.56 Å². The highest BCUT2D eigenvalue weighted by molar-refractivity contribution is 6.30. The number of benzene rings is 3. The Balaban J connectivity index is 1.80. The van der Waals surface area contributed by atoms with Crippen LogP contribution in [0.25, 0.3) is 10.9 Å². The first kappa shape index (κ1) is 24.7. The number of aromatic nitrogens is 2. The van der Waals surface area contributed by atoms with Gasteiger partial charge in [-0.3, -0.25) is 14.2 Å². The van der Waals surface area contributed by atoms with Crippen molar-refractivity contribution in [3.63, 3.8) is 0 Å². The molecule has 1 amide bonds. The molecule has 0 aliphatic heterocycles. The normalized spacial score (nSPS) is 12.9. The van der Waals surface area contributed by atoms with Gasteiger partial charge in [0.1, 0.15) is 11.2 Å². The predicted molar refractivity (Wildman–Crippen MR) is 142 cm³/mol. The fourth-order valence-electron chi connectivity index (χ4n) is 4.30. The third-order valence-corrected chi connectivity index (χ3v) is 6.70. The number of alkyl halides is 1. The first-order valence-corrected chi connectivity index (χ1v) is 12.5. The van der Waals surface area contributed by atoms with Crippen molar-refractivity contribution in [2.75, 3.05) is 6.54 Å². The van der Waals surface area contributed by atoms with Gasteiger partial charge in [0.05, 0.1) is 23.5 Å².